The monoisotopic (exact) mass is 248 g/mol. The van der Waals surface area contributed by atoms with Gasteiger partial charge in [-0.1, -0.05) is 0 Å². The summed E-state index contributed by atoms with van der Waals surface area (Å²) in [6.07, 6.45) is -3.11. The summed E-state index contributed by atoms with van der Waals surface area (Å²) in [5, 5.41) is 8.81. The van der Waals surface area contributed by atoms with Crippen LogP contribution < -0.4 is 11.2 Å². The van der Waals surface area contributed by atoms with Crippen LogP contribution in [0, 0.1) is 5.82 Å². The van der Waals surface area contributed by atoms with Crippen LogP contribution in [0.2, 0.25) is 0 Å². The highest BCUT2D eigenvalue weighted by Gasteiger charge is 2.37. The number of halogens is 2. The summed E-state index contributed by atoms with van der Waals surface area (Å²) in [6, 6.07) is 0. The van der Waals surface area contributed by atoms with Gasteiger partial charge >= 0.3 is 5.69 Å². The molecular formula is C9H10F2N2O4. The molecule has 0 saturated carbocycles. The van der Waals surface area contributed by atoms with E-state index in [1.54, 1.807) is 4.98 Å². The summed E-state index contributed by atoms with van der Waals surface area (Å²) in [7, 11) is 0. The summed E-state index contributed by atoms with van der Waals surface area (Å²) in [5.74, 6) is -1.20. The second kappa shape index (κ2) is 4.38. The van der Waals surface area contributed by atoms with Crippen molar-refractivity contribution in [1.82, 2.24) is 9.55 Å². The quantitative estimate of drug-likeness (QED) is 0.724. The second-order valence-electron chi connectivity index (χ2n) is 3.73. The Bertz CT molecular complexity index is 526. The smallest absolute Gasteiger partial charge is 0.330 e. The van der Waals surface area contributed by atoms with E-state index in [0.29, 0.717) is 10.8 Å². The van der Waals surface area contributed by atoms with Crippen LogP contribution in [0.15, 0.2) is 15.8 Å². The van der Waals surface area contributed by atoms with Crippen LogP contribution in [-0.4, -0.2) is 33.5 Å². The van der Waals surface area contributed by atoms with Gasteiger partial charge in [-0.05, 0) is 0 Å². The molecule has 2 heterocycles. The molecule has 1 aromatic rings. The van der Waals surface area contributed by atoms with Crippen molar-refractivity contribution in [3.8, 4) is 0 Å². The molecule has 1 saturated heterocycles. The summed E-state index contributed by atoms with van der Waals surface area (Å²) in [5.41, 5.74) is -2.12. The van der Waals surface area contributed by atoms with Crippen LogP contribution in [0.25, 0.3) is 0 Å². The van der Waals surface area contributed by atoms with E-state index in [1.807, 2.05) is 0 Å². The molecule has 0 bridgehead atoms. The van der Waals surface area contributed by atoms with Gasteiger partial charge in [0.25, 0.3) is 5.56 Å². The van der Waals surface area contributed by atoms with E-state index in [4.69, 9.17) is 9.84 Å². The number of nitrogens with zero attached hydrogens (tertiary/aromatic N) is 1. The van der Waals surface area contributed by atoms with Crippen LogP contribution in [-0.2, 0) is 4.74 Å². The minimum absolute atomic E-state index is 0.0889. The van der Waals surface area contributed by atoms with Gasteiger partial charge in [-0.3, -0.25) is 14.3 Å². The summed E-state index contributed by atoms with van der Waals surface area (Å²) < 4.78 is 32.2. The number of rotatable bonds is 2. The zero-order valence-electron chi connectivity index (χ0n) is 8.60. The number of aromatic nitrogens is 2. The largest absolute Gasteiger partial charge is 0.394 e. The van der Waals surface area contributed by atoms with E-state index in [-0.39, 0.29) is 6.42 Å². The maximum Gasteiger partial charge on any atom is 0.330 e. The Morgan fingerprint density at radius 2 is 2.29 bits per heavy atom. The summed E-state index contributed by atoms with van der Waals surface area (Å²) in [4.78, 5) is 23.8. The Kier molecular flexibility index (Phi) is 3.07. The van der Waals surface area contributed by atoms with Crippen molar-refractivity contribution in [3.05, 3.63) is 32.9 Å². The van der Waals surface area contributed by atoms with E-state index in [9.17, 15) is 18.4 Å². The highest BCUT2D eigenvalue weighted by Crippen LogP contribution is 2.29. The van der Waals surface area contributed by atoms with Gasteiger partial charge in [0.05, 0.1) is 18.9 Å². The molecule has 1 aromatic heterocycles. The van der Waals surface area contributed by atoms with Crippen molar-refractivity contribution >= 4 is 0 Å². The molecule has 0 radical (unpaired) electrons. The van der Waals surface area contributed by atoms with Crippen LogP contribution in [0.3, 0.4) is 0 Å². The lowest BCUT2D eigenvalue weighted by atomic mass is 10.2. The van der Waals surface area contributed by atoms with Crippen LogP contribution in [0.1, 0.15) is 12.6 Å². The number of ether oxygens (including phenoxy) is 1. The molecule has 0 spiro atoms. The first-order valence-corrected chi connectivity index (χ1v) is 4.94. The minimum atomic E-state index is -1.55. The van der Waals surface area contributed by atoms with Crippen molar-refractivity contribution in [1.29, 1.82) is 0 Å². The van der Waals surface area contributed by atoms with Crippen LogP contribution in [0.4, 0.5) is 8.78 Å². The van der Waals surface area contributed by atoms with E-state index in [0.717, 1.165) is 0 Å². The van der Waals surface area contributed by atoms with Crippen molar-refractivity contribution in [2.45, 2.75) is 24.9 Å². The molecule has 2 rings (SSSR count). The maximum atomic E-state index is 13.5. The first kappa shape index (κ1) is 11.9. The second-order valence-corrected chi connectivity index (χ2v) is 3.73. The third kappa shape index (κ3) is 2.13. The Morgan fingerprint density at radius 1 is 1.59 bits per heavy atom. The van der Waals surface area contributed by atoms with Crippen molar-refractivity contribution in [3.63, 3.8) is 0 Å². The van der Waals surface area contributed by atoms with Gasteiger partial charge < -0.3 is 9.84 Å². The maximum absolute atomic E-state index is 13.5. The van der Waals surface area contributed by atoms with Gasteiger partial charge in [0.2, 0.25) is 5.82 Å². The molecule has 1 fully saturated rings. The zero-order valence-corrected chi connectivity index (χ0v) is 8.60. The number of aliphatic hydroxyl groups excluding tert-OH is 1. The normalized spacial score (nSPS) is 28.5. The first-order valence-electron chi connectivity index (χ1n) is 4.94. The van der Waals surface area contributed by atoms with Gasteiger partial charge in [-0.2, -0.15) is 4.39 Å². The van der Waals surface area contributed by atoms with Gasteiger partial charge in [0.15, 0.2) is 6.23 Å². The van der Waals surface area contributed by atoms with E-state index >= 15 is 0 Å². The van der Waals surface area contributed by atoms with E-state index in [2.05, 4.69) is 0 Å². The minimum Gasteiger partial charge on any atom is -0.394 e. The number of nitrogens with one attached hydrogen (secondary N) is 1. The molecule has 6 nitrogen and oxygen atoms in total. The number of hydrogen-bond donors (Lipinski definition) is 2. The topological polar surface area (TPSA) is 84.3 Å². The lowest BCUT2D eigenvalue weighted by molar-refractivity contribution is -0.0399. The highest BCUT2D eigenvalue weighted by atomic mass is 19.1. The Morgan fingerprint density at radius 3 is 2.88 bits per heavy atom. The fourth-order valence-electron chi connectivity index (χ4n) is 1.71. The van der Waals surface area contributed by atoms with Crippen LogP contribution in [0.5, 0.6) is 0 Å². The van der Waals surface area contributed by atoms with E-state index < -0.39 is 42.2 Å². The fraction of sp³-hybridized carbons (Fsp3) is 0.556. The molecule has 0 aliphatic carbocycles. The molecule has 0 unspecified atom stereocenters. The third-order valence-corrected chi connectivity index (χ3v) is 2.53. The number of hydrogen-bond acceptors (Lipinski definition) is 4. The molecule has 1 aliphatic rings. The zero-order chi connectivity index (χ0) is 12.6. The molecule has 1 aliphatic heterocycles. The molecule has 0 amide bonds. The fourth-order valence-corrected chi connectivity index (χ4v) is 1.71. The van der Waals surface area contributed by atoms with Crippen molar-refractivity contribution in [2.24, 2.45) is 0 Å². The molecular weight excluding hydrogens is 238 g/mol. The lowest BCUT2D eigenvalue weighted by Crippen LogP contribution is -2.36. The SMILES string of the molecule is O=c1[nH]c(=O)n([C@@H]2O[C@@H](CO)C[C@@H]2F)cc1F. The van der Waals surface area contributed by atoms with Crippen molar-refractivity contribution < 1.29 is 18.6 Å². The molecule has 8 heteroatoms. The van der Waals surface area contributed by atoms with Gasteiger partial charge in [-0.15, -0.1) is 0 Å². The highest BCUT2D eigenvalue weighted by molar-refractivity contribution is 4.91. The molecule has 94 valence electrons. The Labute approximate surface area is 93.5 Å². The average Bonchev–Trinajstić information content (AvgIpc) is 2.65. The average molecular weight is 248 g/mol. The Hall–Kier alpha value is -1.54. The van der Waals surface area contributed by atoms with Crippen LogP contribution >= 0.6 is 0 Å². The van der Waals surface area contributed by atoms with Gasteiger partial charge in [0.1, 0.15) is 6.17 Å². The standard InChI is InChI=1S/C9H10F2N2O4/c10-5-1-4(3-14)17-8(5)13-2-6(11)7(15)12-9(13)16/h2,4-5,8,14H,1,3H2,(H,12,15,16)/t4-,5+,8-/m1/s1. The van der Waals surface area contributed by atoms with Gasteiger partial charge in [0, 0.05) is 6.42 Å². The number of aliphatic hydroxyl groups is 1. The molecule has 17 heavy (non-hydrogen) atoms. The van der Waals surface area contributed by atoms with Gasteiger partial charge in [-0.25, -0.2) is 9.18 Å². The Balaban J connectivity index is 2.38. The lowest BCUT2D eigenvalue weighted by Gasteiger charge is -2.15. The predicted octanol–water partition coefficient (Wildman–Crippen LogP) is -0.706. The number of H-pyrrole nitrogens is 1. The summed E-state index contributed by atoms with van der Waals surface area (Å²) in [6.45, 7) is -0.391. The van der Waals surface area contributed by atoms with Crippen molar-refractivity contribution in [2.75, 3.05) is 6.61 Å². The number of alkyl halides is 1. The first-order chi connectivity index (χ1) is 8.02. The summed E-state index contributed by atoms with van der Waals surface area (Å²) >= 11 is 0. The molecule has 2 N–H and O–H groups in total. The molecule has 3 atom stereocenters. The predicted molar refractivity (Wildman–Crippen MR) is 51.8 cm³/mol. The molecule has 0 aromatic carbocycles. The third-order valence-electron chi connectivity index (χ3n) is 2.53. The van der Waals surface area contributed by atoms with E-state index in [1.165, 1.54) is 0 Å². The number of aromatic amines is 1.